The number of amides is 1. The van der Waals surface area contributed by atoms with Crippen molar-refractivity contribution in [2.24, 2.45) is 11.7 Å². The summed E-state index contributed by atoms with van der Waals surface area (Å²) in [7, 11) is 1.66. The first-order valence-corrected chi connectivity index (χ1v) is 7.85. The van der Waals surface area contributed by atoms with Crippen molar-refractivity contribution in [3.8, 4) is 0 Å². The minimum absolute atomic E-state index is 0.0817. The van der Waals surface area contributed by atoms with E-state index in [9.17, 15) is 4.79 Å². The van der Waals surface area contributed by atoms with Crippen molar-refractivity contribution in [1.29, 1.82) is 0 Å². The fourth-order valence-corrected chi connectivity index (χ4v) is 3.26. The van der Waals surface area contributed by atoms with Gasteiger partial charge in [-0.2, -0.15) is 4.37 Å². The van der Waals surface area contributed by atoms with Crippen LogP contribution in [0.5, 0.6) is 0 Å². The first-order valence-electron chi connectivity index (χ1n) is 7.08. The summed E-state index contributed by atoms with van der Waals surface area (Å²) in [5, 5.41) is 4.12. The molecule has 7 heteroatoms. The summed E-state index contributed by atoms with van der Waals surface area (Å²) in [6.07, 6.45) is 5.89. The number of carbonyl (C=O) groups is 1. The second-order valence-electron chi connectivity index (χ2n) is 5.16. The fraction of sp³-hybridized carbons (Fsp3) is 0.769. The number of ether oxygens (including phenoxy) is 1. The predicted octanol–water partition coefficient (Wildman–Crippen LogP) is 1.57. The lowest BCUT2D eigenvalue weighted by molar-refractivity contribution is -0.122. The van der Waals surface area contributed by atoms with Crippen LogP contribution in [-0.4, -0.2) is 35.0 Å². The molecule has 20 heavy (non-hydrogen) atoms. The van der Waals surface area contributed by atoms with Crippen LogP contribution in [0.1, 0.15) is 37.9 Å². The summed E-state index contributed by atoms with van der Waals surface area (Å²) in [5.74, 6) is 0.459. The van der Waals surface area contributed by atoms with Gasteiger partial charge in [0.05, 0.1) is 12.5 Å². The summed E-state index contributed by atoms with van der Waals surface area (Å²) in [4.78, 5) is 16.0. The highest BCUT2D eigenvalue weighted by Gasteiger charge is 2.28. The molecule has 0 saturated heterocycles. The largest absolute Gasteiger partial charge is 0.384 e. The average Bonchev–Trinajstić information content (AvgIpc) is 2.73. The highest BCUT2D eigenvalue weighted by molar-refractivity contribution is 7.09. The third-order valence-electron chi connectivity index (χ3n) is 3.69. The summed E-state index contributed by atoms with van der Waals surface area (Å²) >= 11 is 1.33. The molecule has 1 aromatic rings. The maximum atomic E-state index is 11.6. The van der Waals surface area contributed by atoms with E-state index in [-0.39, 0.29) is 17.9 Å². The molecule has 1 aromatic heterocycles. The number of hydrogen-bond donors (Lipinski definition) is 2. The molecule has 1 saturated carbocycles. The van der Waals surface area contributed by atoms with Crippen molar-refractivity contribution in [2.45, 2.75) is 44.6 Å². The smallest absolute Gasteiger partial charge is 0.222 e. The van der Waals surface area contributed by atoms with E-state index < -0.39 is 0 Å². The molecule has 6 nitrogen and oxygen atoms in total. The molecule has 0 aliphatic heterocycles. The minimum atomic E-state index is -0.214. The molecule has 0 aromatic carbocycles. The summed E-state index contributed by atoms with van der Waals surface area (Å²) < 4.78 is 9.30. The molecule has 1 aliphatic rings. The van der Waals surface area contributed by atoms with Crippen LogP contribution in [0.3, 0.4) is 0 Å². The summed E-state index contributed by atoms with van der Waals surface area (Å²) in [6, 6.07) is 0.0817. The Balaban J connectivity index is 1.98. The van der Waals surface area contributed by atoms with Gasteiger partial charge in [0.25, 0.3) is 0 Å². The standard InChI is InChI=1S/C13H22N4O2S/c1-19-8-7-11-16-13(20-17-11)15-10-6-4-2-3-5-9(10)12(14)18/h9-10H,2-8H2,1H3,(H2,14,18)(H,15,16,17). The molecular formula is C13H22N4O2S. The SMILES string of the molecule is COCCc1nsc(NC2CCCCCC2C(N)=O)n1. The number of nitrogens with zero attached hydrogens (tertiary/aromatic N) is 2. The van der Waals surface area contributed by atoms with Gasteiger partial charge in [-0.05, 0) is 12.8 Å². The van der Waals surface area contributed by atoms with Gasteiger partial charge in [0.15, 0.2) is 0 Å². The van der Waals surface area contributed by atoms with Gasteiger partial charge in [0, 0.05) is 31.1 Å². The van der Waals surface area contributed by atoms with Crippen molar-refractivity contribution >= 4 is 22.6 Å². The van der Waals surface area contributed by atoms with E-state index in [4.69, 9.17) is 10.5 Å². The van der Waals surface area contributed by atoms with Crippen LogP contribution in [0.25, 0.3) is 0 Å². The molecule has 2 rings (SSSR count). The fourth-order valence-electron chi connectivity index (χ4n) is 2.59. The van der Waals surface area contributed by atoms with Gasteiger partial charge in [-0.3, -0.25) is 4.79 Å². The van der Waals surface area contributed by atoms with Crippen molar-refractivity contribution in [3.05, 3.63) is 5.82 Å². The topological polar surface area (TPSA) is 90.1 Å². The van der Waals surface area contributed by atoms with Crippen LogP contribution >= 0.6 is 11.5 Å². The third-order valence-corrected chi connectivity index (χ3v) is 4.37. The first kappa shape index (κ1) is 15.2. The van der Waals surface area contributed by atoms with Crippen LogP contribution in [0, 0.1) is 5.92 Å². The normalized spacial score (nSPS) is 23.2. The molecule has 2 atom stereocenters. The molecule has 1 fully saturated rings. The number of carbonyl (C=O) groups excluding carboxylic acids is 1. The zero-order valence-corrected chi connectivity index (χ0v) is 12.6. The second-order valence-corrected chi connectivity index (χ2v) is 5.91. The van der Waals surface area contributed by atoms with Gasteiger partial charge >= 0.3 is 0 Å². The summed E-state index contributed by atoms with van der Waals surface area (Å²) in [5.41, 5.74) is 5.52. The van der Waals surface area contributed by atoms with Gasteiger partial charge in [-0.25, -0.2) is 4.98 Å². The second kappa shape index (κ2) is 7.54. The van der Waals surface area contributed by atoms with E-state index in [0.717, 1.165) is 43.1 Å². The van der Waals surface area contributed by atoms with Crippen LogP contribution in [0.2, 0.25) is 0 Å². The van der Waals surface area contributed by atoms with E-state index in [1.807, 2.05) is 0 Å². The van der Waals surface area contributed by atoms with Crippen molar-refractivity contribution < 1.29 is 9.53 Å². The predicted molar refractivity (Wildman–Crippen MR) is 78.7 cm³/mol. The van der Waals surface area contributed by atoms with Crippen LogP contribution < -0.4 is 11.1 Å². The maximum absolute atomic E-state index is 11.6. The van der Waals surface area contributed by atoms with Crippen molar-refractivity contribution in [3.63, 3.8) is 0 Å². The van der Waals surface area contributed by atoms with Gasteiger partial charge in [-0.15, -0.1) is 0 Å². The lowest BCUT2D eigenvalue weighted by Gasteiger charge is -2.22. The number of nitrogens with two attached hydrogens (primary N) is 1. The zero-order valence-electron chi connectivity index (χ0n) is 11.8. The molecule has 3 N–H and O–H groups in total. The Kier molecular flexibility index (Phi) is 5.72. The Hall–Kier alpha value is -1.21. The summed E-state index contributed by atoms with van der Waals surface area (Å²) in [6.45, 7) is 0.615. The molecule has 1 aliphatic carbocycles. The zero-order chi connectivity index (χ0) is 14.4. The first-order chi connectivity index (χ1) is 9.70. The number of nitrogens with one attached hydrogen (secondary N) is 1. The number of rotatable bonds is 6. The Morgan fingerprint density at radius 1 is 1.45 bits per heavy atom. The van der Waals surface area contributed by atoms with Crippen LogP contribution in [0.15, 0.2) is 0 Å². The molecule has 0 radical (unpaired) electrons. The monoisotopic (exact) mass is 298 g/mol. The van der Waals surface area contributed by atoms with E-state index in [1.165, 1.54) is 11.5 Å². The van der Waals surface area contributed by atoms with Crippen molar-refractivity contribution in [2.75, 3.05) is 19.0 Å². The Morgan fingerprint density at radius 3 is 3.00 bits per heavy atom. The number of methoxy groups -OCH3 is 1. The van der Waals surface area contributed by atoms with Gasteiger partial charge in [0.2, 0.25) is 11.0 Å². The Morgan fingerprint density at radius 2 is 2.25 bits per heavy atom. The molecule has 2 unspecified atom stereocenters. The highest BCUT2D eigenvalue weighted by Crippen LogP contribution is 2.26. The Labute approximate surface area is 123 Å². The van der Waals surface area contributed by atoms with Crippen LogP contribution in [0.4, 0.5) is 5.13 Å². The highest BCUT2D eigenvalue weighted by atomic mass is 32.1. The van der Waals surface area contributed by atoms with Gasteiger partial charge in [0.1, 0.15) is 5.82 Å². The Bertz CT molecular complexity index is 438. The van der Waals surface area contributed by atoms with Crippen LogP contribution in [-0.2, 0) is 16.0 Å². The number of hydrogen-bond acceptors (Lipinski definition) is 6. The molecule has 0 spiro atoms. The lowest BCUT2D eigenvalue weighted by atomic mass is 9.94. The van der Waals surface area contributed by atoms with E-state index >= 15 is 0 Å². The van der Waals surface area contributed by atoms with E-state index in [2.05, 4.69) is 14.7 Å². The molecule has 1 amide bonds. The van der Waals surface area contributed by atoms with Gasteiger partial charge < -0.3 is 15.8 Å². The maximum Gasteiger partial charge on any atom is 0.222 e. The number of primary amides is 1. The molecule has 1 heterocycles. The average molecular weight is 298 g/mol. The van der Waals surface area contributed by atoms with E-state index in [0.29, 0.717) is 13.0 Å². The third kappa shape index (κ3) is 4.14. The molecular weight excluding hydrogens is 276 g/mol. The molecule has 0 bridgehead atoms. The van der Waals surface area contributed by atoms with Gasteiger partial charge in [-0.1, -0.05) is 19.3 Å². The quantitative estimate of drug-likeness (QED) is 0.778. The lowest BCUT2D eigenvalue weighted by Crippen LogP contribution is -2.37. The van der Waals surface area contributed by atoms with Crippen molar-refractivity contribution in [1.82, 2.24) is 9.36 Å². The van der Waals surface area contributed by atoms with E-state index in [1.54, 1.807) is 7.11 Å². The number of aromatic nitrogens is 2. The molecule has 112 valence electrons. The number of anilines is 1. The minimum Gasteiger partial charge on any atom is -0.384 e.